The molecule has 0 saturated carbocycles. The topological polar surface area (TPSA) is 87.2 Å². The summed E-state index contributed by atoms with van der Waals surface area (Å²) in [5.41, 5.74) is -1.17. The van der Waals surface area contributed by atoms with E-state index in [1.165, 1.54) is 24.3 Å². The van der Waals surface area contributed by atoms with Crippen LogP contribution < -0.4 is 0 Å². The number of nitro benzene ring substituents is 1. The van der Waals surface area contributed by atoms with Crippen LogP contribution in [0.2, 0.25) is 0 Å². The Bertz CT molecular complexity index is 632. The van der Waals surface area contributed by atoms with Crippen LogP contribution in [0.25, 0.3) is 0 Å². The minimum atomic E-state index is -1.81. The molecule has 19 heavy (non-hydrogen) atoms. The van der Waals surface area contributed by atoms with E-state index >= 15 is 0 Å². The molecule has 5 nitrogen and oxygen atoms in total. The van der Waals surface area contributed by atoms with Crippen LogP contribution in [0.3, 0.4) is 0 Å². The maximum atomic E-state index is 10.6. The van der Waals surface area contributed by atoms with E-state index in [4.69, 9.17) is 0 Å². The number of nitrogens with zero attached hydrogens (tertiary/aromatic N) is 2. The Labute approximate surface area is 109 Å². The third-order valence-electron chi connectivity index (χ3n) is 2.85. The van der Waals surface area contributed by atoms with Gasteiger partial charge in [-0.2, -0.15) is 5.26 Å². The van der Waals surface area contributed by atoms with Crippen LogP contribution in [-0.2, 0) is 5.60 Å². The van der Waals surface area contributed by atoms with Crippen molar-refractivity contribution in [2.45, 2.75) is 5.60 Å². The molecular weight excluding hydrogens is 244 g/mol. The Morgan fingerprint density at radius 3 is 2.05 bits per heavy atom. The standard InChI is InChI=1S/C14H10N2O3/c15-10-14(17,11-4-2-1-3-5-11)12-6-8-13(9-7-12)16(18)19/h1-9,17H/t14-/m1/s1. The lowest BCUT2D eigenvalue weighted by molar-refractivity contribution is -0.384. The molecule has 1 N–H and O–H groups in total. The summed E-state index contributed by atoms with van der Waals surface area (Å²) in [6.45, 7) is 0. The quantitative estimate of drug-likeness (QED) is 0.517. The Kier molecular flexibility index (Phi) is 3.27. The van der Waals surface area contributed by atoms with Crippen molar-refractivity contribution in [2.24, 2.45) is 0 Å². The monoisotopic (exact) mass is 254 g/mol. The normalized spacial score (nSPS) is 13.3. The van der Waals surface area contributed by atoms with Crippen molar-refractivity contribution < 1.29 is 10.0 Å². The Hall–Kier alpha value is -2.71. The van der Waals surface area contributed by atoms with Crippen LogP contribution in [0.5, 0.6) is 0 Å². The van der Waals surface area contributed by atoms with Gasteiger partial charge in [0.25, 0.3) is 5.69 Å². The van der Waals surface area contributed by atoms with Crippen LogP contribution >= 0.6 is 0 Å². The number of benzene rings is 2. The van der Waals surface area contributed by atoms with Crippen LogP contribution in [0.4, 0.5) is 5.69 Å². The van der Waals surface area contributed by atoms with Gasteiger partial charge in [0.05, 0.1) is 4.92 Å². The van der Waals surface area contributed by atoms with E-state index in [1.807, 2.05) is 6.07 Å². The molecule has 2 aromatic carbocycles. The highest BCUT2D eigenvalue weighted by Gasteiger charge is 2.31. The van der Waals surface area contributed by atoms with Crippen molar-refractivity contribution in [3.05, 3.63) is 75.8 Å². The molecule has 0 bridgehead atoms. The first kappa shape index (κ1) is 12.7. The Morgan fingerprint density at radius 1 is 1.05 bits per heavy atom. The van der Waals surface area contributed by atoms with Gasteiger partial charge in [-0.25, -0.2) is 0 Å². The molecule has 0 unspecified atom stereocenters. The summed E-state index contributed by atoms with van der Waals surface area (Å²) < 4.78 is 0. The fraction of sp³-hybridized carbons (Fsp3) is 0.0714. The molecule has 0 aliphatic carbocycles. The fourth-order valence-electron chi connectivity index (χ4n) is 1.80. The number of aliphatic hydroxyl groups is 1. The van der Waals surface area contributed by atoms with Crippen LogP contribution in [0.15, 0.2) is 54.6 Å². The van der Waals surface area contributed by atoms with Gasteiger partial charge in [0.15, 0.2) is 0 Å². The molecule has 0 aliphatic heterocycles. The summed E-state index contributed by atoms with van der Waals surface area (Å²) in [4.78, 5) is 10.0. The number of nitriles is 1. The van der Waals surface area contributed by atoms with Gasteiger partial charge >= 0.3 is 0 Å². The average molecular weight is 254 g/mol. The van der Waals surface area contributed by atoms with E-state index in [0.29, 0.717) is 11.1 Å². The molecule has 5 heteroatoms. The Balaban J connectivity index is 2.48. The highest BCUT2D eigenvalue weighted by atomic mass is 16.6. The minimum Gasteiger partial charge on any atom is -0.368 e. The molecule has 0 fully saturated rings. The summed E-state index contributed by atoms with van der Waals surface area (Å²) in [6.07, 6.45) is 0. The van der Waals surface area contributed by atoms with Crippen LogP contribution in [0, 0.1) is 21.4 Å². The van der Waals surface area contributed by atoms with Gasteiger partial charge in [-0.15, -0.1) is 0 Å². The van der Waals surface area contributed by atoms with Crippen molar-refractivity contribution in [3.63, 3.8) is 0 Å². The van der Waals surface area contributed by atoms with Crippen molar-refractivity contribution in [1.82, 2.24) is 0 Å². The van der Waals surface area contributed by atoms with Crippen molar-refractivity contribution >= 4 is 5.69 Å². The maximum Gasteiger partial charge on any atom is 0.269 e. The first-order valence-corrected chi connectivity index (χ1v) is 5.52. The average Bonchev–Trinajstić information content (AvgIpc) is 2.47. The van der Waals surface area contributed by atoms with E-state index in [0.717, 1.165) is 0 Å². The molecule has 0 heterocycles. The van der Waals surface area contributed by atoms with Gasteiger partial charge < -0.3 is 5.11 Å². The molecule has 2 rings (SSSR count). The summed E-state index contributed by atoms with van der Waals surface area (Å²) in [5.74, 6) is 0. The number of nitro groups is 1. The number of hydrogen-bond donors (Lipinski definition) is 1. The van der Waals surface area contributed by atoms with E-state index in [1.54, 1.807) is 30.3 Å². The van der Waals surface area contributed by atoms with E-state index < -0.39 is 10.5 Å². The molecule has 1 atom stereocenters. The zero-order chi connectivity index (χ0) is 13.9. The van der Waals surface area contributed by atoms with Gasteiger partial charge in [0.1, 0.15) is 6.07 Å². The fourth-order valence-corrected chi connectivity index (χ4v) is 1.80. The summed E-state index contributed by atoms with van der Waals surface area (Å²) >= 11 is 0. The number of rotatable bonds is 3. The summed E-state index contributed by atoms with van der Waals surface area (Å²) in [7, 11) is 0. The predicted molar refractivity (Wildman–Crippen MR) is 68.2 cm³/mol. The molecule has 0 aromatic heterocycles. The number of non-ortho nitro benzene ring substituents is 1. The summed E-state index contributed by atoms with van der Waals surface area (Å²) in [5, 5.41) is 30.3. The molecular formula is C14H10N2O3. The van der Waals surface area contributed by atoms with Crippen LogP contribution in [-0.4, -0.2) is 10.0 Å². The molecule has 0 amide bonds. The second kappa shape index (κ2) is 4.88. The lowest BCUT2D eigenvalue weighted by Crippen LogP contribution is -2.24. The molecule has 0 saturated heterocycles. The minimum absolute atomic E-state index is 0.0860. The molecule has 0 aliphatic rings. The predicted octanol–water partition coefficient (Wildman–Crippen LogP) is 2.35. The van der Waals surface area contributed by atoms with Crippen molar-refractivity contribution in [3.8, 4) is 6.07 Å². The SMILES string of the molecule is N#C[C@@](O)(c1ccccc1)c1ccc([N+](=O)[O-])cc1. The van der Waals surface area contributed by atoms with Crippen molar-refractivity contribution in [1.29, 1.82) is 5.26 Å². The molecule has 0 radical (unpaired) electrons. The van der Waals surface area contributed by atoms with Gasteiger partial charge in [0.2, 0.25) is 5.60 Å². The molecule has 2 aromatic rings. The van der Waals surface area contributed by atoms with E-state index in [2.05, 4.69) is 0 Å². The third-order valence-corrected chi connectivity index (χ3v) is 2.85. The van der Waals surface area contributed by atoms with Gasteiger partial charge in [-0.05, 0) is 12.1 Å². The zero-order valence-corrected chi connectivity index (χ0v) is 9.85. The first-order chi connectivity index (χ1) is 9.08. The highest BCUT2D eigenvalue weighted by molar-refractivity contribution is 5.45. The second-order valence-corrected chi connectivity index (χ2v) is 3.99. The molecule has 94 valence electrons. The highest BCUT2D eigenvalue weighted by Crippen LogP contribution is 2.29. The lowest BCUT2D eigenvalue weighted by atomic mass is 9.88. The van der Waals surface area contributed by atoms with E-state index in [-0.39, 0.29) is 5.69 Å². The van der Waals surface area contributed by atoms with E-state index in [9.17, 15) is 20.5 Å². The smallest absolute Gasteiger partial charge is 0.269 e. The van der Waals surface area contributed by atoms with Crippen LogP contribution in [0.1, 0.15) is 11.1 Å². The zero-order valence-electron chi connectivity index (χ0n) is 9.85. The third kappa shape index (κ3) is 2.30. The van der Waals surface area contributed by atoms with Crippen molar-refractivity contribution in [2.75, 3.05) is 0 Å². The second-order valence-electron chi connectivity index (χ2n) is 3.99. The lowest BCUT2D eigenvalue weighted by Gasteiger charge is -2.20. The Morgan fingerprint density at radius 2 is 1.58 bits per heavy atom. The first-order valence-electron chi connectivity index (χ1n) is 5.52. The number of hydrogen-bond acceptors (Lipinski definition) is 4. The van der Waals surface area contributed by atoms with Gasteiger partial charge in [-0.3, -0.25) is 10.1 Å². The summed E-state index contributed by atoms with van der Waals surface area (Å²) in [6, 6.07) is 15.6. The molecule has 0 spiro atoms. The largest absolute Gasteiger partial charge is 0.368 e. The maximum absolute atomic E-state index is 10.6. The van der Waals surface area contributed by atoms with Gasteiger partial charge in [0, 0.05) is 23.3 Å². The van der Waals surface area contributed by atoms with Gasteiger partial charge in [-0.1, -0.05) is 30.3 Å².